The Labute approximate surface area is 66.0 Å². The fourth-order valence-corrected chi connectivity index (χ4v) is 0.338. The summed E-state index contributed by atoms with van der Waals surface area (Å²) in [6.07, 6.45) is 0. The Bertz CT molecular complexity index is 205. The Morgan fingerprint density at radius 2 is 2.00 bits per heavy atom. The van der Waals surface area contributed by atoms with Gasteiger partial charge in [-0.15, -0.1) is 0 Å². The van der Waals surface area contributed by atoms with Gasteiger partial charge >= 0.3 is 5.97 Å². The topological polar surface area (TPSA) is 57.5 Å². The molecule has 0 fully saturated rings. The summed E-state index contributed by atoms with van der Waals surface area (Å²) in [6.45, 7) is 4.81. The second-order valence-corrected chi connectivity index (χ2v) is 2.80. The number of aliphatic hydroxyl groups is 1. The second kappa shape index (κ2) is 3.40. The largest absolute Gasteiger partial charge is 0.478 e. The monoisotopic (exact) mass is 156 g/mol. The van der Waals surface area contributed by atoms with Gasteiger partial charge in [-0.05, 0) is 6.92 Å². The van der Waals surface area contributed by atoms with Crippen LogP contribution in [0.5, 0.6) is 0 Å². The molecule has 0 aliphatic rings. The molecule has 0 aliphatic carbocycles. The van der Waals surface area contributed by atoms with Crippen molar-refractivity contribution in [1.82, 2.24) is 0 Å². The molecule has 0 saturated heterocycles. The van der Waals surface area contributed by atoms with Gasteiger partial charge in [0.05, 0.1) is 0 Å². The predicted molar refractivity (Wildman–Crippen MR) is 40.9 cm³/mol. The van der Waals surface area contributed by atoms with Gasteiger partial charge in [0.1, 0.15) is 0 Å². The summed E-state index contributed by atoms with van der Waals surface area (Å²) in [5.41, 5.74) is -1.91. The van der Waals surface area contributed by atoms with E-state index in [4.69, 9.17) is 10.2 Å². The molecule has 3 heteroatoms. The number of carboxylic acid groups (broad SMARTS) is 1. The molecule has 0 spiro atoms. The van der Waals surface area contributed by atoms with Crippen LogP contribution < -0.4 is 0 Å². The van der Waals surface area contributed by atoms with Crippen LogP contribution in [0.2, 0.25) is 0 Å². The van der Waals surface area contributed by atoms with Crippen LogP contribution in [0.4, 0.5) is 0 Å². The van der Waals surface area contributed by atoms with Crippen molar-refractivity contribution in [2.45, 2.75) is 26.4 Å². The fraction of sp³-hybridized carbons (Fsp3) is 0.625. The van der Waals surface area contributed by atoms with Gasteiger partial charge in [0.2, 0.25) is 5.60 Å². The fourth-order valence-electron chi connectivity index (χ4n) is 0.338. The third-order valence-corrected chi connectivity index (χ3v) is 1.02. The lowest BCUT2D eigenvalue weighted by Gasteiger charge is -2.08. The minimum absolute atomic E-state index is 0.0702. The quantitative estimate of drug-likeness (QED) is 0.543. The van der Waals surface area contributed by atoms with Crippen LogP contribution in [0.25, 0.3) is 0 Å². The van der Waals surface area contributed by atoms with E-state index in [0.29, 0.717) is 0 Å². The maximum atomic E-state index is 10.3. The van der Waals surface area contributed by atoms with E-state index >= 15 is 0 Å². The molecule has 1 unspecified atom stereocenters. The Hall–Kier alpha value is -1.01. The van der Waals surface area contributed by atoms with Crippen molar-refractivity contribution in [1.29, 1.82) is 0 Å². The van der Waals surface area contributed by atoms with Gasteiger partial charge in [0.15, 0.2) is 0 Å². The van der Waals surface area contributed by atoms with E-state index in [2.05, 4.69) is 11.8 Å². The van der Waals surface area contributed by atoms with Crippen LogP contribution in [0.15, 0.2) is 0 Å². The van der Waals surface area contributed by atoms with Crippen LogP contribution in [-0.2, 0) is 4.79 Å². The second-order valence-electron chi connectivity index (χ2n) is 2.80. The molecule has 0 amide bonds. The molecule has 62 valence electrons. The van der Waals surface area contributed by atoms with Crippen LogP contribution in [0, 0.1) is 17.8 Å². The van der Waals surface area contributed by atoms with Crippen molar-refractivity contribution in [3.8, 4) is 11.8 Å². The smallest absolute Gasteiger partial charge is 0.348 e. The van der Waals surface area contributed by atoms with Gasteiger partial charge in [-0.3, -0.25) is 0 Å². The highest BCUT2D eigenvalue weighted by Crippen LogP contribution is 2.01. The average Bonchev–Trinajstić information content (AvgIpc) is 1.84. The molecule has 3 nitrogen and oxygen atoms in total. The zero-order chi connectivity index (χ0) is 9.07. The normalized spacial score (nSPS) is 15.0. The lowest BCUT2D eigenvalue weighted by Crippen LogP contribution is -2.32. The van der Waals surface area contributed by atoms with Crippen molar-refractivity contribution in [3.05, 3.63) is 0 Å². The first-order valence-electron chi connectivity index (χ1n) is 3.34. The molecule has 0 radical (unpaired) electrons. The zero-order valence-electron chi connectivity index (χ0n) is 6.88. The molecule has 0 aromatic heterocycles. The van der Waals surface area contributed by atoms with Crippen LogP contribution in [-0.4, -0.2) is 21.8 Å². The summed E-state index contributed by atoms with van der Waals surface area (Å²) in [5.74, 6) is 3.61. The number of aliphatic carboxylic acids is 1. The molecule has 0 heterocycles. The zero-order valence-corrected chi connectivity index (χ0v) is 6.88. The van der Waals surface area contributed by atoms with Gasteiger partial charge in [-0.2, -0.15) is 0 Å². The Morgan fingerprint density at radius 1 is 1.55 bits per heavy atom. The van der Waals surface area contributed by atoms with E-state index in [1.165, 1.54) is 0 Å². The maximum absolute atomic E-state index is 10.3. The summed E-state index contributed by atoms with van der Waals surface area (Å²) in [7, 11) is 0. The molecule has 0 saturated carbocycles. The molecule has 11 heavy (non-hydrogen) atoms. The van der Waals surface area contributed by atoms with Crippen LogP contribution in [0.3, 0.4) is 0 Å². The first-order chi connectivity index (χ1) is 4.86. The van der Waals surface area contributed by atoms with Crippen molar-refractivity contribution in [2.75, 3.05) is 0 Å². The number of rotatable bonds is 1. The highest BCUT2D eigenvalue weighted by Gasteiger charge is 2.26. The predicted octanol–water partition coefficient (Wildman–Crippen LogP) is 0.481. The van der Waals surface area contributed by atoms with E-state index < -0.39 is 11.6 Å². The van der Waals surface area contributed by atoms with Crippen molar-refractivity contribution in [2.24, 2.45) is 5.92 Å². The van der Waals surface area contributed by atoms with Gasteiger partial charge in [0.25, 0.3) is 0 Å². The lowest BCUT2D eigenvalue weighted by atomic mass is 10.1. The van der Waals surface area contributed by atoms with E-state index in [1.54, 1.807) is 0 Å². The first-order valence-corrected chi connectivity index (χ1v) is 3.34. The minimum atomic E-state index is -1.91. The third kappa shape index (κ3) is 3.64. The molecule has 0 aromatic rings. The minimum Gasteiger partial charge on any atom is -0.478 e. The summed E-state index contributed by atoms with van der Waals surface area (Å²) in [5, 5.41) is 17.5. The van der Waals surface area contributed by atoms with Crippen molar-refractivity contribution in [3.63, 3.8) is 0 Å². The molecule has 0 aliphatic heterocycles. The molecular formula is C8H12O3. The SMILES string of the molecule is CC(C)C#CC(C)(O)C(=O)O. The van der Waals surface area contributed by atoms with Gasteiger partial charge in [-0.25, -0.2) is 4.79 Å². The number of carbonyl (C=O) groups is 1. The summed E-state index contributed by atoms with van der Waals surface area (Å²) in [6, 6.07) is 0. The number of hydrogen-bond donors (Lipinski definition) is 2. The van der Waals surface area contributed by atoms with E-state index in [0.717, 1.165) is 6.92 Å². The summed E-state index contributed by atoms with van der Waals surface area (Å²) in [4.78, 5) is 10.3. The molecule has 0 rings (SSSR count). The number of hydrogen-bond acceptors (Lipinski definition) is 2. The maximum Gasteiger partial charge on any atom is 0.348 e. The molecule has 0 bridgehead atoms. The van der Waals surface area contributed by atoms with Crippen LogP contribution in [0.1, 0.15) is 20.8 Å². The molecular weight excluding hydrogens is 144 g/mol. The van der Waals surface area contributed by atoms with Gasteiger partial charge < -0.3 is 10.2 Å². The molecule has 2 N–H and O–H groups in total. The van der Waals surface area contributed by atoms with Crippen LogP contribution >= 0.6 is 0 Å². The van der Waals surface area contributed by atoms with Gasteiger partial charge in [0, 0.05) is 5.92 Å². The standard InChI is InChI=1S/C8H12O3/c1-6(2)4-5-8(3,11)7(9)10/h6,11H,1-3H3,(H,9,10). The Balaban J connectivity index is 4.38. The van der Waals surface area contributed by atoms with Gasteiger partial charge in [-0.1, -0.05) is 25.7 Å². The summed E-state index contributed by atoms with van der Waals surface area (Å²) >= 11 is 0. The Morgan fingerprint density at radius 3 is 2.27 bits per heavy atom. The average molecular weight is 156 g/mol. The highest BCUT2D eigenvalue weighted by atomic mass is 16.4. The molecule has 1 atom stereocenters. The Kier molecular flexibility index (Phi) is 3.09. The van der Waals surface area contributed by atoms with E-state index in [-0.39, 0.29) is 5.92 Å². The van der Waals surface area contributed by atoms with E-state index in [1.807, 2.05) is 13.8 Å². The van der Waals surface area contributed by atoms with Crippen molar-refractivity contribution < 1.29 is 15.0 Å². The summed E-state index contributed by atoms with van der Waals surface area (Å²) < 4.78 is 0. The molecule has 0 aromatic carbocycles. The third-order valence-electron chi connectivity index (χ3n) is 1.02. The van der Waals surface area contributed by atoms with Crippen molar-refractivity contribution >= 4 is 5.97 Å². The highest BCUT2D eigenvalue weighted by molar-refractivity contribution is 5.80. The first kappa shape index (κ1) is 9.99. The lowest BCUT2D eigenvalue weighted by molar-refractivity contribution is -0.151. The number of carboxylic acids is 1. The van der Waals surface area contributed by atoms with E-state index in [9.17, 15) is 4.79 Å².